The van der Waals surface area contributed by atoms with Gasteiger partial charge >= 0.3 is 39.5 Å². The van der Waals surface area contributed by atoms with Gasteiger partial charge in [-0.3, -0.25) is 37.3 Å². The fraction of sp³-hybridized carbons (Fsp3) is 0.722. The molecule has 0 aliphatic heterocycles. The number of phosphoric ester groups is 2. The Kier molecular flexibility index (Phi) is 68.0. The lowest BCUT2D eigenvalue weighted by Crippen LogP contribution is -2.30. The van der Waals surface area contributed by atoms with Gasteiger partial charge in [0.05, 0.1) is 26.4 Å². The van der Waals surface area contributed by atoms with E-state index in [1.807, 2.05) is 12.2 Å². The van der Waals surface area contributed by atoms with Crippen LogP contribution in [0.1, 0.15) is 310 Å². The molecule has 0 heterocycles. The molecule has 0 aromatic carbocycles. The molecule has 0 amide bonds. The average Bonchev–Trinajstić information content (AvgIpc) is 1.05. The molecule has 0 fully saturated rings. The van der Waals surface area contributed by atoms with Gasteiger partial charge < -0.3 is 33.8 Å². The predicted octanol–water partition coefficient (Wildman–Crippen LogP) is 21.8. The lowest BCUT2D eigenvalue weighted by molar-refractivity contribution is -0.161. The highest BCUT2D eigenvalue weighted by Gasteiger charge is 2.30. The second kappa shape index (κ2) is 71.1. The molecule has 0 radical (unpaired) electrons. The highest BCUT2D eigenvalue weighted by atomic mass is 31.2. The van der Waals surface area contributed by atoms with Crippen LogP contribution >= 0.6 is 15.6 Å². The van der Waals surface area contributed by atoms with Gasteiger partial charge in [0.2, 0.25) is 0 Å². The van der Waals surface area contributed by atoms with Crippen molar-refractivity contribution in [3.8, 4) is 0 Å². The van der Waals surface area contributed by atoms with E-state index in [4.69, 9.17) is 37.0 Å². The van der Waals surface area contributed by atoms with E-state index in [1.54, 1.807) is 0 Å². The number of hydrogen-bond donors (Lipinski definition) is 3. The maximum absolute atomic E-state index is 13.1. The number of carbonyl (C=O) groups is 4. The summed E-state index contributed by atoms with van der Waals surface area (Å²) in [4.78, 5) is 72.8. The quantitative estimate of drug-likeness (QED) is 0.0169. The topological polar surface area (TPSA) is 237 Å². The van der Waals surface area contributed by atoms with Crippen LogP contribution in [0.2, 0.25) is 0 Å². The summed E-state index contributed by atoms with van der Waals surface area (Å²) in [6, 6.07) is 0. The van der Waals surface area contributed by atoms with E-state index >= 15 is 0 Å². The largest absolute Gasteiger partial charge is 0.472 e. The van der Waals surface area contributed by atoms with Crippen LogP contribution in [-0.4, -0.2) is 96.7 Å². The van der Waals surface area contributed by atoms with Crippen molar-refractivity contribution in [2.75, 3.05) is 39.6 Å². The zero-order chi connectivity index (χ0) is 71.8. The zero-order valence-electron chi connectivity index (χ0n) is 61.4. The Balaban J connectivity index is 5.41. The van der Waals surface area contributed by atoms with Gasteiger partial charge in [0.1, 0.15) is 19.3 Å². The molecule has 0 saturated carbocycles. The second-order valence-electron chi connectivity index (χ2n) is 25.2. The second-order valence-corrected chi connectivity index (χ2v) is 28.1. The molecule has 564 valence electrons. The molecule has 17 nitrogen and oxygen atoms in total. The molecule has 0 aliphatic rings. The molecule has 19 heteroatoms. The smallest absolute Gasteiger partial charge is 0.462 e. The summed E-state index contributed by atoms with van der Waals surface area (Å²) in [6.07, 6.45) is 75.1. The Labute approximate surface area is 594 Å². The highest BCUT2D eigenvalue weighted by molar-refractivity contribution is 7.47. The van der Waals surface area contributed by atoms with Crippen molar-refractivity contribution >= 4 is 39.5 Å². The van der Waals surface area contributed by atoms with Crippen molar-refractivity contribution in [2.45, 2.75) is 329 Å². The van der Waals surface area contributed by atoms with Crippen molar-refractivity contribution in [1.82, 2.24) is 0 Å². The van der Waals surface area contributed by atoms with Gasteiger partial charge in [-0.2, -0.15) is 0 Å². The third-order valence-corrected chi connectivity index (χ3v) is 17.6. The molecule has 0 aromatic heterocycles. The molecule has 0 saturated heterocycles. The van der Waals surface area contributed by atoms with E-state index in [0.29, 0.717) is 32.1 Å². The fourth-order valence-electron chi connectivity index (χ4n) is 9.91. The van der Waals surface area contributed by atoms with Crippen LogP contribution in [0.25, 0.3) is 0 Å². The Bertz CT molecular complexity index is 2290. The zero-order valence-corrected chi connectivity index (χ0v) is 63.2. The molecule has 0 rings (SSSR count). The number of unbranched alkanes of at least 4 members (excludes halogenated alkanes) is 27. The molecule has 98 heavy (non-hydrogen) atoms. The van der Waals surface area contributed by atoms with Crippen LogP contribution < -0.4 is 0 Å². The molecular weight excluding hydrogens is 1280 g/mol. The number of allylic oxidation sites excluding steroid dienone is 18. The van der Waals surface area contributed by atoms with Gasteiger partial charge in [-0.05, 0) is 122 Å². The summed E-state index contributed by atoms with van der Waals surface area (Å²) in [5.41, 5.74) is 0. The van der Waals surface area contributed by atoms with Crippen LogP contribution in [0.3, 0.4) is 0 Å². The monoisotopic (exact) mass is 1420 g/mol. The average molecular weight is 1420 g/mol. The predicted molar refractivity (Wildman–Crippen MR) is 399 cm³/mol. The van der Waals surface area contributed by atoms with Gasteiger partial charge in [0.25, 0.3) is 0 Å². The Hall–Kier alpha value is -4.28. The lowest BCUT2D eigenvalue weighted by atomic mass is 10.0. The van der Waals surface area contributed by atoms with Crippen LogP contribution in [-0.2, 0) is 65.4 Å². The number of ether oxygens (including phenoxy) is 4. The van der Waals surface area contributed by atoms with Crippen LogP contribution in [0.15, 0.2) is 109 Å². The van der Waals surface area contributed by atoms with Crippen LogP contribution in [0, 0.1) is 0 Å². The summed E-state index contributed by atoms with van der Waals surface area (Å²) < 4.78 is 68.4. The molecular formula is C79H136O17P2. The molecule has 0 aliphatic carbocycles. The number of hydrogen-bond acceptors (Lipinski definition) is 15. The van der Waals surface area contributed by atoms with E-state index in [2.05, 4.69) is 125 Å². The van der Waals surface area contributed by atoms with Gasteiger partial charge in [0, 0.05) is 25.7 Å². The van der Waals surface area contributed by atoms with Gasteiger partial charge in [-0.1, -0.05) is 272 Å². The van der Waals surface area contributed by atoms with Crippen molar-refractivity contribution in [3.05, 3.63) is 109 Å². The highest BCUT2D eigenvalue weighted by Crippen LogP contribution is 2.45. The van der Waals surface area contributed by atoms with E-state index in [0.717, 1.165) is 154 Å². The SMILES string of the molecule is CC/C=C\C/C=C\C/C=C\C/C=C\C/C=C\CCCC(=O)OCC(COP(=O)(O)OCC(O)COP(=O)(O)OCC(COC(=O)CCCCCCC/C=C\C/C=C\CCC)OC(=O)CCCCCCCCCCCCCCC)OC(=O)CCCCCCC/C=C\C/C=C\CCCCC. The Morgan fingerprint density at radius 2 is 0.561 bits per heavy atom. The van der Waals surface area contributed by atoms with Crippen molar-refractivity contribution < 1.29 is 80.2 Å². The lowest BCUT2D eigenvalue weighted by Gasteiger charge is -2.21. The first-order valence-electron chi connectivity index (χ1n) is 38.1. The first-order chi connectivity index (χ1) is 47.7. The molecule has 0 spiro atoms. The van der Waals surface area contributed by atoms with Gasteiger partial charge in [0.15, 0.2) is 12.2 Å². The molecule has 0 bridgehead atoms. The standard InChI is InChI=1S/C79H136O17P2/c1-5-9-13-17-21-25-29-33-35-36-38-41-44-48-52-56-60-64-77(82)90-70-75(96-79(84)66-62-58-54-50-46-42-37-34-30-26-22-18-14-10-6-2)72-94-98(87,88)92-68-73(80)67-91-97(85,86)93-71-74(95-78(83)65-61-57-53-49-45-40-32-28-24-20-16-12-8-4)69-89-76(81)63-59-55-51-47-43-39-31-27-23-19-15-11-7-3/h9,13,15,19,21-22,25-27,31,33-35,37-38,41,48,52,73-75,80H,5-8,10-12,14,16-18,20,23-24,28-30,32,36,39-40,42-47,49-51,53-72H2,1-4H3,(H,85,86)(H,87,88)/b13-9-,19-15-,25-21-,26-22-,31-27-,35-33-,37-34-,41-38-,52-48-. The van der Waals surface area contributed by atoms with Crippen LogP contribution in [0.4, 0.5) is 0 Å². The fourth-order valence-corrected chi connectivity index (χ4v) is 11.5. The van der Waals surface area contributed by atoms with E-state index in [-0.39, 0.29) is 25.7 Å². The summed E-state index contributed by atoms with van der Waals surface area (Å²) >= 11 is 0. The molecule has 3 N–H and O–H groups in total. The molecule has 5 atom stereocenters. The van der Waals surface area contributed by atoms with Gasteiger partial charge in [-0.25, -0.2) is 9.13 Å². The van der Waals surface area contributed by atoms with Crippen molar-refractivity contribution in [1.29, 1.82) is 0 Å². The number of rotatable bonds is 71. The summed E-state index contributed by atoms with van der Waals surface area (Å²) in [5.74, 6) is -2.26. The minimum Gasteiger partial charge on any atom is -0.462 e. The summed E-state index contributed by atoms with van der Waals surface area (Å²) in [6.45, 7) is 4.59. The van der Waals surface area contributed by atoms with Crippen molar-refractivity contribution in [2.24, 2.45) is 0 Å². The van der Waals surface area contributed by atoms with Crippen molar-refractivity contribution in [3.63, 3.8) is 0 Å². The summed E-state index contributed by atoms with van der Waals surface area (Å²) in [5, 5.41) is 10.6. The van der Waals surface area contributed by atoms with E-state index in [9.17, 15) is 43.2 Å². The summed E-state index contributed by atoms with van der Waals surface area (Å²) in [7, 11) is -9.97. The third kappa shape index (κ3) is 70.2. The number of carbonyl (C=O) groups excluding carboxylic acids is 4. The Morgan fingerprint density at radius 1 is 0.296 bits per heavy atom. The number of esters is 4. The number of phosphoric acid groups is 2. The number of aliphatic hydroxyl groups is 1. The van der Waals surface area contributed by atoms with Crippen LogP contribution in [0.5, 0.6) is 0 Å². The minimum atomic E-state index is -4.99. The van der Waals surface area contributed by atoms with E-state index in [1.165, 1.54) is 70.6 Å². The van der Waals surface area contributed by atoms with E-state index < -0.39 is 97.5 Å². The number of aliphatic hydroxyl groups excluding tert-OH is 1. The molecule has 0 aromatic rings. The first-order valence-corrected chi connectivity index (χ1v) is 41.1. The van der Waals surface area contributed by atoms with Gasteiger partial charge in [-0.15, -0.1) is 0 Å². The maximum atomic E-state index is 13.1. The first kappa shape index (κ1) is 93.7. The Morgan fingerprint density at radius 3 is 0.918 bits per heavy atom. The normalized spacial score (nSPS) is 14.6. The maximum Gasteiger partial charge on any atom is 0.472 e. The minimum absolute atomic E-state index is 0.0655. The third-order valence-electron chi connectivity index (χ3n) is 15.7. The molecule has 5 unspecified atom stereocenters.